The number of anilines is 3. The summed E-state index contributed by atoms with van der Waals surface area (Å²) in [4.78, 5) is 33.2. The van der Waals surface area contributed by atoms with Gasteiger partial charge in [0.05, 0.1) is 11.5 Å². The second-order valence-corrected chi connectivity index (χ2v) is 8.15. The highest BCUT2D eigenvalue weighted by atomic mass is 16.6. The molecule has 0 aliphatic rings. The van der Waals surface area contributed by atoms with Gasteiger partial charge in [-0.2, -0.15) is 4.98 Å². The van der Waals surface area contributed by atoms with Gasteiger partial charge in [0.1, 0.15) is 12.4 Å². The molecule has 0 aliphatic carbocycles. The van der Waals surface area contributed by atoms with Gasteiger partial charge in [0, 0.05) is 49.2 Å². The van der Waals surface area contributed by atoms with Crippen LogP contribution in [-0.2, 0) is 17.7 Å². The Hall–Kier alpha value is -4.25. The normalized spacial score (nSPS) is 10.5. The van der Waals surface area contributed by atoms with Crippen molar-refractivity contribution < 1.29 is 19.9 Å². The zero-order chi connectivity index (χ0) is 25.2. The summed E-state index contributed by atoms with van der Waals surface area (Å²) in [5, 5.41) is 13.3. The number of amides is 1. The number of quaternary nitrogens is 1. The molecule has 0 aliphatic heterocycles. The Morgan fingerprint density at radius 2 is 1.91 bits per heavy atom. The summed E-state index contributed by atoms with van der Waals surface area (Å²) >= 11 is 0. The van der Waals surface area contributed by atoms with E-state index >= 15 is 0 Å². The van der Waals surface area contributed by atoms with Crippen LogP contribution in [0.3, 0.4) is 0 Å². The van der Waals surface area contributed by atoms with E-state index in [0.717, 1.165) is 18.1 Å². The molecule has 1 amide bonds. The lowest BCUT2D eigenvalue weighted by Crippen LogP contribution is -2.87. The molecule has 184 valence electrons. The Bertz CT molecular complexity index is 1150. The van der Waals surface area contributed by atoms with Crippen molar-refractivity contribution in [3.63, 3.8) is 0 Å². The summed E-state index contributed by atoms with van der Waals surface area (Å²) in [6.07, 6.45) is 0.550. The average molecular weight is 481 g/mol. The third kappa shape index (κ3) is 8.23. The Kier molecular flexibility index (Phi) is 8.90. The van der Waals surface area contributed by atoms with Crippen LogP contribution in [0, 0.1) is 17.0 Å². The molecule has 3 aromatic rings. The molecule has 0 spiro atoms. The zero-order valence-electron chi connectivity index (χ0n) is 20.0. The SMILES string of the molecule is Cc1cccc(C[NH2+]Nc2nc(CCCOC(=O)Nc3ccc([N+](=O)[O-])cc3)cc(N(C)C)n2)c1. The maximum atomic E-state index is 12.0. The first kappa shape index (κ1) is 25.4. The predicted molar refractivity (Wildman–Crippen MR) is 133 cm³/mol. The van der Waals surface area contributed by atoms with E-state index in [4.69, 9.17) is 4.74 Å². The Morgan fingerprint density at radius 1 is 1.14 bits per heavy atom. The standard InChI is InChI=1S/C24H29N7O4/c1-17-6-4-7-18(14-17)16-25-29-23-26-20(15-22(28-23)30(2)3)8-5-13-35-24(32)27-19-9-11-21(12-10-19)31(33)34/h4,6-7,9-12,14-15,25H,5,8,13,16H2,1-3H3,(H,27,32)(H,26,28,29)/p+1. The number of aromatic nitrogens is 2. The first-order valence-corrected chi connectivity index (χ1v) is 11.2. The number of nitrogens with one attached hydrogen (secondary N) is 2. The van der Waals surface area contributed by atoms with Gasteiger partial charge in [-0.25, -0.2) is 20.6 Å². The van der Waals surface area contributed by atoms with Gasteiger partial charge in [0.25, 0.3) is 11.6 Å². The first-order chi connectivity index (χ1) is 16.8. The van der Waals surface area contributed by atoms with Crippen LogP contribution in [0.2, 0.25) is 0 Å². The first-order valence-electron chi connectivity index (χ1n) is 11.2. The smallest absolute Gasteiger partial charge is 0.411 e. The van der Waals surface area contributed by atoms with Gasteiger partial charge >= 0.3 is 6.09 Å². The number of nitrogens with zero attached hydrogens (tertiary/aromatic N) is 4. The molecule has 35 heavy (non-hydrogen) atoms. The van der Waals surface area contributed by atoms with Crippen LogP contribution >= 0.6 is 0 Å². The number of carbonyl (C=O) groups excluding carboxylic acids is 1. The lowest BCUT2D eigenvalue weighted by Gasteiger charge is -2.14. The number of aryl methyl sites for hydroxylation is 2. The van der Waals surface area contributed by atoms with Crippen molar-refractivity contribution in [1.82, 2.24) is 9.97 Å². The molecule has 0 atom stereocenters. The lowest BCUT2D eigenvalue weighted by molar-refractivity contribution is -0.642. The molecule has 11 nitrogen and oxygen atoms in total. The number of nitro groups is 1. The van der Waals surface area contributed by atoms with Gasteiger partial charge in [-0.1, -0.05) is 29.8 Å². The van der Waals surface area contributed by atoms with Gasteiger partial charge in [0.15, 0.2) is 0 Å². The number of non-ortho nitro benzene ring substituents is 1. The van der Waals surface area contributed by atoms with E-state index in [2.05, 4.69) is 45.8 Å². The van der Waals surface area contributed by atoms with Gasteiger partial charge in [0.2, 0.25) is 0 Å². The fraction of sp³-hybridized carbons (Fsp3) is 0.292. The Morgan fingerprint density at radius 3 is 2.60 bits per heavy atom. The molecule has 0 bridgehead atoms. The highest BCUT2D eigenvalue weighted by Crippen LogP contribution is 2.16. The molecule has 11 heteroatoms. The quantitative estimate of drug-likeness (QED) is 0.165. The maximum Gasteiger partial charge on any atom is 0.411 e. The number of hydrogen-bond donors (Lipinski definition) is 3. The molecule has 3 rings (SSSR count). The zero-order valence-corrected chi connectivity index (χ0v) is 20.0. The second kappa shape index (κ2) is 12.3. The fourth-order valence-electron chi connectivity index (χ4n) is 3.24. The van der Waals surface area contributed by atoms with Crippen LogP contribution in [0.4, 0.5) is 27.9 Å². The van der Waals surface area contributed by atoms with Crippen LogP contribution in [0.25, 0.3) is 0 Å². The minimum absolute atomic E-state index is 0.0486. The number of nitrogen functional groups attached to an aromatic ring is 1. The fourth-order valence-corrected chi connectivity index (χ4v) is 3.24. The molecule has 1 aromatic heterocycles. The number of rotatable bonds is 11. The van der Waals surface area contributed by atoms with E-state index in [1.54, 1.807) is 0 Å². The monoisotopic (exact) mass is 480 g/mol. The average Bonchev–Trinajstić information content (AvgIpc) is 2.82. The van der Waals surface area contributed by atoms with Crippen molar-refractivity contribution in [2.75, 3.05) is 36.3 Å². The van der Waals surface area contributed by atoms with Crippen LogP contribution in [0.1, 0.15) is 23.2 Å². The van der Waals surface area contributed by atoms with E-state index in [-0.39, 0.29) is 12.3 Å². The van der Waals surface area contributed by atoms with Crippen molar-refractivity contribution in [3.05, 3.63) is 81.5 Å². The molecular formula is C24H30N7O4+. The van der Waals surface area contributed by atoms with E-state index < -0.39 is 11.0 Å². The van der Waals surface area contributed by atoms with Gasteiger partial charge < -0.3 is 9.64 Å². The highest BCUT2D eigenvalue weighted by molar-refractivity contribution is 5.84. The summed E-state index contributed by atoms with van der Waals surface area (Å²) < 4.78 is 5.22. The number of nitro benzene ring substituents is 1. The molecule has 0 radical (unpaired) electrons. The van der Waals surface area contributed by atoms with Crippen molar-refractivity contribution >= 4 is 29.2 Å². The maximum absolute atomic E-state index is 12.0. The number of ether oxygens (including phenoxy) is 1. The van der Waals surface area contributed by atoms with Crippen LogP contribution < -0.4 is 21.1 Å². The Balaban J connectivity index is 1.48. The predicted octanol–water partition coefficient (Wildman–Crippen LogP) is 3.03. The minimum atomic E-state index is -0.622. The summed E-state index contributed by atoms with van der Waals surface area (Å²) in [6.45, 7) is 3.00. The van der Waals surface area contributed by atoms with Crippen molar-refractivity contribution in [2.24, 2.45) is 0 Å². The third-order valence-corrected chi connectivity index (χ3v) is 5.01. The molecule has 4 N–H and O–H groups in total. The summed E-state index contributed by atoms with van der Waals surface area (Å²) in [6, 6.07) is 15.8. The second-order valence-electron chi connectivity index (χ2n) is 8.15. The number of benzene rings is 2. The third-order valence-electron chi connectivity index (χ3n) is 5.01. The highest BCUT2D eigenvalue weighted by Gasteiger charge is 2.10. The molecular weight excluding hydrogens is 450 g/mol. The molecule has 0 unspecified atom stereocenters. The summed E-state index contributed by atoms with van der Waals surface area (Å²) in [5.41, 5.74) is 8.73. The van der Waals surface area contributed by atoms with Crippen molar-refractivity contribution in [1.29, 1.82) is 0 Å². The van der Waals surface area contributed by atoms with E-state index in [1.165, 1.54) is 35.4 Å². The van der Waals surface area contributed by atoms with Crippen molar-refractivity contribution in [2.45, 2.75) is 26.3 Å². The van der Waals surface area contributed by atoms with Crippen LogP contribution in [0.5, 0.6) is 0 Å². The molecule has 1 heterocycles. The van der Waals surface area contributed by atoms with Gasteiger partial charge in [-0.3, -0.25) is 15.4 Å². The lowest BCUT2D eigenvalue weighted by atomic mass is 10.1. The molecule has 2 aromatic carbocycles. The number of hydrogen-bond acceptors (Lipinski definition) is 8. The summed E-state index contributed by atoms with van der Waals surface area (Å²) in [7, 11) is 3.83. The molecule has 0 saturated carbocycles. The van der Waals surface area contributed by atoms with Crippen LogP contribution in [0.15, 0.2) is 54.6 Å². The topological polar surface area (TPSA) is 139 Å². The largest absolute Gasteiger partial charge is 0.449 e. The summed E-state index contributed by atoms with van der Waals surface area (Å²) in [5.74, 6) is 1.29. The number of nitrogens with two attached hydrogens (primary N) is 1. The minimum Gasteiger partial charge on any atom is -0.449 e. The Labute approximate surface area is 203 Å². The van der Waals surface area contributed by atoms with Gasteiger partial charge in [-0.05, 0) is 31.9 Å². The number of carbonyl (C=O) groups is 1. The van der Waals surface area contributed by atoms with Gasteiger partial charge in [-0.15, -0.1) is 0 Å². The van der Waals surface area contributed by atoms with E-state index in [1.807, 2.05) is 36.6 Å². The van der Waals surface area contributed by atoms with E-state index in [0.29, 0.717) is 24.5 Å². The van der Waals surface area contributed by atoms with E-state index in [9.17, 15) is 14.9 Å². The molecule has 0 fully saturated rings. The molecule has 0 saturated heterocycles. The van der Waals surface area contributed by atoms with Crippen LogP contribution in [-0.4, -0.2) is 41.7 Å². The van der Waals surface area contributed by atoms with Crippen molar-refractivity contribution in [3.8, 4) is 0 Å².